The van der Waals surface area contributed by atoms with Crippen molar-refractivity contribution in [3.8, 4) is 5.75 Å². The lowest BCUT2D eigenvalue weighted by atomic mass is 10.1. The van der Waals surface area contributed by atoms with Crippen molar-refractivity contribution < 1.29 is 19.4 Å². The average molecular weight is 362 g/mol. The molecule has 2 rings (SSSR count). The third-order valence-corrected chi connectivity index (χ3v) is 3.87. The number of aromatic hydroxyl groups is 1. The minimum absolute atomic E-state index is 0.0330. The predicted molar refractivity (Wildman–Crippen MR) is 95.8 cm³/mol. The van der Waals surface area contributed by atoms with Gasteiger partial charge in [0.15, 0.2) is 6.61 Å². The third-order valence-electron chi connectivity index (χ3n) is 3.63. The maximum absolute atomic E-state index is 11.9. The average Bonchev–Trinajstić information content (AvgIpc) is 2.59. The highest BCUT2D eigenvalue weighted by atomic mass is 35.5. The van der Waals surface area contributed by atoms with Gasteiger partial charge in [-0.25, -0.2) is 4.79 Å². The van der Waals surface area contributed by atoms with Gasteiger partial charge in [0.05, 0.1) is 0 Å². The Labute approximate surface area is 151 Å². The second-order valence-corrected chi connectivity index (χ2v) is 6.17. The predicted octanol–water partition coefficient (Wildman–Crippen LogP) is 3.34. The number of phenolic OH excluding ortho intramolecular Hbond substituents is 1. The molecule has 0 fully saturated rings. The Morgan fingerprint density at radius 1 is 1.20 bits per heavy atom. The summed E-state index contributed by atoms with van der Waals surface area (Å²) >= 11 is 5.70. The molecule has 2 aromatic carbocycles. The molecule has 0 radical (unpaired) electrons. The molecule has 0 aliphatic carbocycles. The van der Waals surface area contributed by atoms with Crippen LogP contribution < -0.4 is 5.32 Å². The fraction of sp³-hybridized carbons (Fsp3) is 0.263. The van der Waals surface area contributed by atoms with Gasteiger partial charge in [0.2, 0.25) is 0 Å². The van der Waals surface area contributed by atoms with Crippen molar-refractivity contribution in [2.75, 3.05) is 6.61 Å². The van der Waals surface area contributed by atoms with Crippen molar-refractivity contribution in [3.63, 3.8) is 0 Å². The van der Waals surface area contributed by atoms with E-state index in [0.29, 0.717) is 5.02 Å². The third kappa shape index (κ3) is 6.12. The first-order valence-electron chi connectivity index (χ1n) is 7.94. The summed E-state index contributed by atoms with van der Waals surface area (Å²) < 4.78 is 4.92. The molecule has 5 nitrogen and oxygen atoms in total. The Hall–Kier alpha value is -2.53. The molecule has 0 aliphatic heterocycles. The SMILES string of the molecule is C[C@H](CCc1ccccc1)NC(=O)COC(=O)c1ccc(Cl)cc1O. The largest absolute Gasteiger partial charge is 0.507 e. The molecule has 2 aromatic rings. The first-order chi connectivity index (χ1) is 12.0. The second-order valence-electron chi connectivity index (χ2n) is 5.73. The summed E-state index contributed by atoms with van der Waals surface area (Å²) in [7, 11) is 0. The summed E-state index contributed by atoms with van der Waals surface area (Å²) in [5, 5.41) is 12.8. The van der Waals surface area contributed by atoms with Crippen LogP contribution in [0.3, 0.4) is 0 Å². The number of ether oxygens (including phenoxy) is 1. The highest BCUT2D eigenvalue weighted by Gasteiger charge is 2.15. The Bertz CT molecular complexity index is 733. The fourth-order valence-electron chi connectivity index (χ4n) is 2.30. The van der Waals surface area contributed by atoms with Crippen LogP contribution >= 0.6 is 11.6 Å². The number of carbonyl (C=O) groups is 2. The van der Waals surface area contributed by atoms with E-state index in [4.69, 9.17) is 16.3 Å². The summed E-state index contributed by atoms with van der Waals surface area (Å²) in [6.07, 6.45) is 1.63. The van der Waals surface area contributed by atoms with Gasteiger partial charge in [-0.05, 0) is 43.5 Å². The van der Waals surface area contributed by atoms with Gasteiger partial charge in [0.1, 0.15) is 11.3 Å². The van der Waals surface area contributed by atoms with Gasteiger partial charge in [0.25, 0.3) is 5.91 Å². The summed E-state index contributed by atoms with van der Waals surface area (Å²) in [5.74, 6) is -1.45. The standard InChI is InChI=1S/C19H20ClNO4/c1-13(7-8-14-5-3-2-4-6-14)21-18(23)12-25-19(24)16-10-9-15(20)11-17(16)22/h2-6,9-11,13,22H,7-8,12H2,1H3,(H,21,23)/t13-/m1/s1. The number of esters is 1. The van der Waals surface area contributed by atoms with Crippen molar-refractivity contribution in [2.24, 2.45) is 0 Å². The molecule has 0 heterocycles. The fourth-order valence-corrected chi connectivity index (χ4v) is 2.47. The molecule has 0 saturated heterocycles. The number of amides is 1. The molecule has 2 N–H and O–H groups in total. The monoisotopic (exact) mass is 361 g/mol. The molecular weight excluding hydrogens is 342 g/mol. The van der Waals surface area contributed by atoms with Gasteiger partial charge in [-0.2, -0.15) is 0 Å². The van der Waals surface area contributed by atoms with E-state index >= 15 is 0 Å². The smallest absolute Gasteiger partial charge is 0.342 e. The molecule has 0 aromatic heterocycles. The highest BCUT2D eigenvalue weighted by Crippen LogP contribution is 2.22. The van der Waals surface area contributed by atoms with E-state index in [1.54, 1.807) is 0 Å². The lowest BCUT2D eigenvalue weighted by Gasteiger charge is -2.14. The van der Waals surface area contributed by atoms with Crippen molar-refractivity contribution in [2.45, 2.75) is 25.8 Å². The molecule has 25 heavy (non-hydrogen) atoms. The van der Waals surface area contributed by atoms with E-state index in [2.05, 4.69) is 5.32 Å². The zero-order valence-corrected chi connectivity index (χ0v) is 14.6. The van der Waals surface area contributed by atoms with Crippen LogP contribution in [0.5, 0.6) is 5.75 Å². The van der Waals surface area contributed by atoms with E-state index in [0.717, 1.165) is 12.8 Å². The second kappa shape index (κ2) is 9.08. The summed E-state index contributed by atoms with van der Waals surface area (Å²) in [6, 6.07) is 14.0. The lowest BCUT2D eigenvalue weighted by molar-refractivity contribution is -0.124. The minimum Gasteiger partial charge on any atom is -0.507 e. The van der Waals surface area contributed by atoms with E-state index in [1.165, 1.54) is 23.8 Å². The maximum atomic E-state index is 11.9. The Morgan fingerprint density at radius 2 is 1.92 bits per heavy atom. The maximum Gasteiger partial charge on any atom is 0.342 e. The van der Waals surface area contributed by atoms with Crippen LogP contribution in [0.4, 0.5) is 0 Å². The van der Waals surface area contributed by atoms with E-state index in [1.807, 2.05) is 37.3 Å². The number of carbonyl (C=O) groups excluding carboxylic acids is 2. The molecule has 6 heteroatoms. The molecule has 0 spiro atoms. The topological polar surface area (TPSA) is 75.6 Å². The molecule has 132 valence electrons. The van der Waals surface area contributed by atoms with Gasteiger partial charge >= 0.3 is 5.97 Å². The highest BCUT2D eigenvalue weighted by molar-refractivity contribution is 6.30. The lowest BCUT2D eigenvalue weighted by Crippen LogP contribution is -2.36. The van der Waals surface area contributed by atoms with Crippen LogP contribution in [0.1, 0.15) is 29.3 Å². The van der Waals surface area contributed by atoms with Gasteiger partial charge < -0.3 is 15.2 Å². The molecule has 0 unspecified atom stereocenters. The molecule has 0 aliphatic rings. The van der Waals surface area contributed by atoms with Crippen molar-refractivity contribution in [1.82, 2.24) is 5.32 Å². The van der Waals surface area contributed by atoms with E-state index in [-0.39, 0.29) is 23.3 Å². The van der Waals surface area contributed by atoms with Crippen LogP contribution in [0.2, 0.25) is 5.02 Å². The number of hydrogen-bond donors (Lipinski definition) is 2. The quantitative estimate of drug-likeness (QED) is 0.741. The molecule has 1 amide bonds. The molecule has 0 bridgehead atoms. The van der Waals surface area contributed by atoms with Crippen molar-refractivity contribution >= 4 is 23.5 Å². The van der Waals surface area contributed by atoms with Crippen LogP contribution in [-0.4, -0.2) is 29.6 Å². The van der Waals surface area contributed by atoms with E-state index < -0.39 is 12.6 Å². The number of rotatable bonds is 7. The summed E-state index contributed by atoms with van der Waals surface area (Å²) in [5.41, 5.74) is 1.17. The van der Waals surface area contributed by atoms with Gasteiger partial charge in [-0.1, -0.05) is 41.9 Å². The van der Waals surface area contributed by atoms with E-state index in [9.17, 15) is 14.7 Å². The first kappa shape index (κ1) is 18.8. The first-order valence-corrected chi connectivity index (χ1v) is 8.32. The van der Waals surface area contributed by atoms with Crippen molar-refractivity contribution in [3.05, 3.63) is 64.7 Å². The van der Waals surface area contributed by atoms with Gasteiger partial charge in [0, 0.05) is 11.1 Å². The molecule has 0 saturated carbocycles. The Kier molecular flexibility index (Phi) is 6.83. The van der Waals surface area contributed by atoms with Crippen LogP contribution in [0.15, 0.2) is 48.5 Å². The zero-order chi connectivity index (χ0) is 18.2. The summed E-state index contributed by atoms with van der Waals surface area (Å²) in [4.78, 5) is 23.7. The van der Waals surface area contributed by atoms with Crippen molar-refractivity contribution in [1.29, 1.82) is 0 Å². The Morgan fingerprint density at radius 3 is 2.60 bits per heavy atom. The zero-order valence-electron chi connectivity index (χ0n) is 13.9. The number of benzene rings is 2. The van der Waals surface area contributed by atoms with Crippen LogP contribution in [-0.2, 0) is 16.0 Å². The van der Waals surface area contributed by atoms with Gasteiger partial charge in [-0.3, -0.25) is 4.79 Å². The minimum atomic E-state index is -0.777. The summed E-state index contributed by atoms with van der Waals surface area (Å²) in [6.45, 7) is 1.49. The normalized spacial score (nSPS) is 11.6. The number of phenols is 1. The number of hydrogen-bond acceptors (Lipinski definition) is 4. The number of aryl methyl sites for hydroxylation is 1. The molecular formula is C19H20ClNO4. The van der Waals surface area contributed by atoms with Gasteiger partial charge in [-0.15, -0.1) is 0 Å². The van der Waals surface area contributed by atoms with Crippen LogP contribution in [0.25, 0.3) is 0 Å². The number of halogens is 1. The van der Waals surface area contributed by atoms with Crippen LogP contribution in [0, 0.1) is 0 Å². The Balaban J connectivity index is 1.75. The number of nitrogens with one attached hydrogen (secondary N) is 1. The molecule has 1 atom stereocenters.